The number of aromatic nitrogens is 3. The molecule has 0 radical (unpaired) electrons. The molecule has 0 unspecified atom stereocenters. The number of hydrogen-bond donors (Lipinski definition) is 2. The third-order valence-corrected chi connectivity index (χ3v) is 5.89. The van der Waals surface area contributed by atoms with Crippen molar-refractivity contribution in [2.45, 2.75) is 24.8 Å². The van der Waals surface area contributed by atoms with Crippen LogP contribution in [0.5, 0.6) is 0 Å². The number of aryl methyl sites for hydroxylation is 1. The lowest BCUT2D eigenvalue weighted by Crippen LogP contribution is -2.27. The third kappa shape index (κ3) is 4.81. The van der Waals surface area contributed by atoms with Crippen LogP contribution in [0, 0.1) is 0 Å². The SMILES string of the molecule is CCc1cc(=O)n(CC(=O)Nc2ccc(S(=O)(=O)Nc3nccs3)cc2)cn1. The van der Waals surface area contributed by atoms with Crippen LogP contribution in [0.4, 0.5) is 10.8 Å². The average molecular weight is 419 g/mol. The van der Waals surface area contributed by atoms with Gasteiger partial charge in [-0.3, -0.25) is 18.9 Å². The van der Waals surface area contributed by atoms with Crippen LogP contribution in [0.15, 0.2) is 57.9 Å². The Morgan fingerprint density at radius 3 is 2.57 bits per heavy atom. The lowest BCUT2D eigenvalue weighted by atomic mass is 10.3. The largest absolute Gasteiger partial charge is 0.325 e. The van der Waals surface area contributed by atoms with Crippen LogP contribution in [-0.2, 0) is 27.8 Å². The number of nitrogens with zero attached hydrogens (tertiary/aromatic N) is 3. The maximum absolute atomic E-state index is 12.3. The molecule has 1 aromatic carbocycles. The number of thiazole rings is 1. The van der Waals surface area contributed by atoms with E-state index in [1.807, 2.05) is 6.92 Å². The van der Waals surface area contributed by atoms with Crippen molar-refractivity contribution >= 4 is 38.1 Å². The highest BCUT2D eigenvalue weighted by molar-refractivity contribution is 7.93. The van der Waals surface area contributed by atoms with Crippen molar-refractivity contribution in [2.24, 2.45) is 0 Å². The summed E-state index contributed by atoms with van der Waals surface area (Å²) in [6, 6.07) is 7.07. The fourth-order valence-corrected chi connectivity index (χ4v) is 4.08. The standard InChI is InChI=1S/C17H17N5O4S2/c1-2-12-9-16(24)22(11-19-12)10-15(23)20-13-3-5-14(6-4-13)28(25,26)21-17-18-7-8-27-17/h3-9,11H,2,10H2,1H3,(H,18,21)(H,20,23). The Balaban J connectivity index is 1.65. The van der Waals surface area contributed by atoms with Crippen molar-refractivity contribution in [3.63, 3.8) is 0 Å². The van der Waals surface area contributed by atoms with Gasteiger partial charge in [-0.1, -0.05) is 6.92 Å². The topological polar surface area (TPSA) is 123 Å². The number of nitrogens with one attached hydrogen (secondary N) is 2. The summed E-state index contributed by atoms with van der Waals surface area (Å²) < 4.78 is 28.1. The fourth-order valence-electron chi connectivity index (χ4n) is 2.30. The quantitative estimate of drug-likeness (QED) is 0.601. The van der Waals surface area contributed by atoms with Crippen LogP contribution in [0.25, 0.3) is 0 Å². The molecule has 0 saturated carbocycles. The van der Waals surface area contributed by atoms with Gasteiger partial charge in [-0.15, -0.1) is 11.3 Å². The van der Waals surface area contributed by atoms with E-state index in [1.165, 1.54) is 58.8 Å². The molecule has 2 aromatic heterocycles. The van der Waals surface area contributed by atoms with Gasteiger partial charge in [0, 0.05) is 29.0 Å². The molecular weight excluding hydrogens is 402 g/mol. The summed E-state index contributed by atoms with van der Waals surface area (Å²) in [4.78, 5) is 32.1. The highest BCUT2D eigenvalue weighted by atomic mass is 32.2. The second-order valence-electron chi connectivity index (χ2n) is 5.72. The van der Waals surface area contributed by atoms with Crippen molar-refractivity contribution in [1.29, 1.82) is 0 Å². The monoisotopic (exact) mass is 419 g/mol. The number of sulfonamides is 1. The van der Waals surface area contributed by atoms with Crippen LogP contribution in [0.3, 0.4) is 0 Å². The summed E-state index contributed by atoms with van der Waals surface area (Å²) in [6.45, 7) is 1.69. The van der Waals surface area contributed by atoms with Gasteiger partial charge >= 0.3 is 0 Å². The number of anilines is 2. The Morgan fingerprint density at radius 1 is 1.21 bits per heavy atom. The lowest BCUT2D eigenvalue weighted by molar-refractivity contribution is -0.116. The first kappa shape index (κ1) is 19.7. The molecule has 0 saturated heterocycles. The van der Waals surface area contributed by atoms with E-state index in [2.05, 4.69) is 20.0 Å². The van der Waals surface area contributed by atoms with Crippen LogP contribution in [-0.4, -0.2) is 28.9 Å². The molecule has 3 rings (SSSR count). The fraction of sp³-hybridized carbons (Fsp3) is 0.176. The predicted molar refractivity (Wildman–Crippen MR) is 106 cm³/mol. The Bertz CT molecular complexity index is 1120. The van der Waals surface area contributed by atoms with E-state index in [4.69, 9.17) is 0 Å². The van der Waals surface area contributed by atoms with E-state index >= 15 is 0 Å². The maximum atomic E-state index is 12.3. The summed E-state index contributed by atoms with van der Waals surface area (Å²) >= 11 is 1.17. The zero-order chi connectivity index (χ0) is 20.1. The molecule has 1 amide bonds. The molecule has 2 heterocycles. The molecule has 0 aliphatic heterocycles. The van der Waals surface area contributed by atoms with E-state index in [1.54, 1.807) is 5.38 Å². The zero-order valence-electron chi connectivity index (χ0n) is 14.8. The van der Waals surface area contributed by atoms with Gasteiger partial charge < -0.3 is 5.32 Å². The molecule has 0 aliphatic carbocycles. The van der Waals surface area contributed by atoms with Crippen molar-refractivity contribution in [1.82, 2.24) is 14.5 Å². The van der Waals surface area contributed by atoms with E-state index in [0.29, 0.717) is 17.8 Å². The number of benzene rings is 1. The minimum Gasteiger partial charge on any atom is -0.325 e. The first-order chi connectivity index (χ1) is 13.4. The zero-order valence-corrected chi connectivity index (χ0v) is 16.5. The minimum atomic E-state index is -3.76. The predicted octanol–water partition coefficient (Wildman–Crippen LogP) is 1.70. The second-order valence-corrected chi connectivity index (χ2v) is 8.29. The normalized spacial score (nSPS) is 11.2. The Morgan fingerprint density at radius 2 is 1.96 bits per heavy atom. The molecule has 0 atom stereocenters. The van der Waals surface area contributed by atoms with E-state index < -0.39 is 15.9 Å². The van der Waals surface area contributed by atoms with Gasteiger partial charge in [-0.05, 0) is 30.7 Å². The number of rotatable bonds is 7. The van der Waals surface area contributed by atoms with E-state index in [-0.39, 0.29) is 22.1 Å². The number of carbonyl (C=O) groups is 1. The molecule has 0 bridgehead atoms. The van der Waals surface area contributed by atoms with Crippen LogP contribution in [0.2, 0.25) is 0 Å². The molecule has 3 aromatic rings. The Labute approximate surface area is 165 Å². The van der Waals surface area contributed by atoms with Gasteiger partial charge in [0.05, 0.1) is 11.2 Å². The van der Waals surface area contributed by atoms with Crippen LogP contribution in [0.1, 0.15) is 12.6 Å². The molecule has 9 nitrogen and oxygen atoms in total. The Kier molecular flexibility index (Phi) is 5.85. The second kappa shape index (κ2) is 8.31. The van der Waals surface area contributed by atoms with Gasteiger partial charge in [-0.2, -0.15) is 0 Å². The molecule has 11 heteroatoms. The molecular formula is C17H17N5O4S2. The summed E-state index contributed by atoms with van der Waals surface area (Å²) in [6.07, 6.45) is 3.47. The van der Waals surface area contributed by atoms with E-state index in [0.717, 1.165) is 0 Å². The molecule has 146 valence electrons. The first-order valence-electron chi connectivity index (χ1n) is 8.25. The number of amides is 1. The van der Waals surface area contributed by atoms with Crippen LogP contribution >= 0.6 is 11.3 Å². The highest BCUT2D eigenvalue weighted by Gasteiger charge is 2.15. The summed E-state index contributed by atoms with van der Waals surface area (Å²) in [7, 11) is -3.76. The van der Waals surface area contributed by atoms with Crippen molar-refractivity contribution in [3.8, 4) is 0 Å². The van der Waals surface area contributed by atoms with Gasteiger partial charge in [0.15, 0.2) is 5.13 Å². The van der Waals surface area contributed by atoms with Gasteiger partial charge in [0.25, 0.3) is 15.6 Å². The van der Waals surface area contributed by atoms with Gasteiger partial charge in [0.2, 0.25) is 5.91 Å². The van der Waals surface area contributed by atoms with Crippen molar-refractivity contribution < 1.29 is 13.2 Å². The lowest BCUT2D eigenvalue weighted by Gasteiger charge is -2.09. The molecule has 0 spiro atoms. The molecule has 0 fully saturated rings. The van der Waals surface area contributed by atoms with E-state index in [9.17, 15) is 18.0 Å². The molecule has 0 aliphatic rings. The van der Waals surface area contributed by atoms with Crippen molar-refractivity contribution in [3.05, 3.63) is 64.3 Å². The van der Waals surface area contributed by atoms with Gasteiger partial charge in [-0.25, -0.2) is 18.4 Å². The Hall–Kier alpha value is -3.05. The maximum Gasteiger partial charge on any atom is 0.263 e. The third-order valence-electron chi connectivity index (χ3n) is 3.71. The first-order valence-corrected chi connectivity index (χ1v) is 10.6. The van der Waals surface area contributed by atoms with Gasteiger partial charge in [0.1, 0.15) is 6.54 Å². The molecule has 2 N–H and O–H groups in total. The summed E-state index contributed by atoms with van der Waals surface area (Å²) in [5.74, 6) is -0.426. The number of hydrogen-bond acceptors (Lipinski definition) is 7. The summed E-state index contributed by atoms with van der Waals surface area (Å²) in [5.41, 5.74) is 0.755. The highest BCUT2D eigenvalue weighted by Crippen LogP contribution is 2.19. The minimum absolute atomic E-state index is 0.0382. The average Bonchev–Trinajstić information content (AvgIpc) is 3.16. The van der Waals surface area contributed by atoms with Crippen LogP contribution < -0.4 is 15.6 Å². The number of carbonyl (C=O) groups excluding carboxylic acids is 1. The van der Waals surface area contributed by atoms with Crippen molar-refractivity contribution in [2.75, 3.05) is 10.0 Å². The molecule has 28 heavy (non-hydrogen) atoms. The smallest absolute Gasteiger partial charge is 0.263 e. The summed E-state index contributed by atoms with van der Waals surface area (Å²) in [5, 5.41) is 4.55.